The average molecular weight is 314 g/mol. The second-order valence-corrected chi connectivity index (χ2v) is 9.25. The van der Waals surface area contributed by atoms with Gasteiger partial charge >= 0.3 is 5.97 Å². The first-order chi connectivity index (χ1) is 11.1. The van der Waals surface area contributed by atoms with Crippen LogP contribution < -0.4 is 0 Å². The van der Waals surface area contributed by atoms with E-state index < -0.39 is 0 Å². The molecule has 126 valence electrons. The van der Waals surface area contributed by atoms with Gasteiger partial charge in [-0.25, -0.2) is 0 Å². The number of hydrogen-bond acceptors (Lipinski definition) is 2. The molecule has 0 aromatic carbocycles. The maximum atomic E-state index is 11.9. The molecule has 0 aromatic rings. The number of hydrogen-bond donors (Lipinski definition) is 0. The van der Waals surface area contributed by atoms with Crippen LogP contribution in [-0.2, 0) is 9.53 Å². The molecule has 2 heteroatoms. The van der Waals surface area contributed by atoms with Gasteiger partial charge in [0.1, 0.15) is 5.60 Å². The van der Waals surface area contributed by atoms with Gasteiger partial charge in [0, 0.05) is 11.8 Å². The van der Waals surface area contributed by atoms with Gasteiger partial charge in [0.2, 0.25) is 0 Å². The fourth-order valence-corrected chi connectivity index (χ4v) is 7.60. The molecule has 5 aliphatic rings. The van der Waals surface area contributed by atoms with Crippen molar-refractivity contribution in [3.8, 4) is 0 Å². The Morgan fingerprint density at radius 2 is 1.96 bits per heavy atom. The van der Waals surface area contributed by atoms with E-state index >= 15 is 0 Å². The Labute approximate surface area is 140 Å². The molecular weight excluding hydrogens is 284 g/mol. The van der Waals surface area contributed by atoms with Gasteiger partial charge in [-0.15, -0.1) is 0 Å². The van der Waals surface area contributed by atoms with Gasteiger partial charge in [-0.05, 0) is 87.9 Å². The maximum absolute atomic E-state index is 11.9. The van der Waals surface area contributed by atoms with E-state index in [2.05, 4.69) is 13.0 Å². The van der Waals surface area contributed by atoms with Crippen LogP contribution in [-0.4, -0.2) is 11.6 Å². The van der Waals surface area contributed by atoms with E-state index in [-0.39, 0.29) is 17.0 Å². The molecule has 4 aliphatic carbocycles. The van der Waals surface area contributed by atoms with Crippen molar-refractivity contribution in [2.24, 2.45) is 29.1 Å². The molecule has 3 saturated carbocycles. The molecule has 0 N–H and O–H groups in total. The van der Waals surface area contributed by atoms with Gasteiger partial charge in [-0.2, -0.15) is 0 Å². The van der Waals surface area contributed by atoms with E-state index in [0.717, 1.165) is 36.5 Å². The van der Waals surface area contributed by atoms with Crippen molar-refractivity contribution < 1.29 is 9.53 Å². The Kier molecular flexibility index (Phi) is 3.07. The summed E-state index contributed by atoms with van der Waals surface area (Å²) in [6, 6.07) is 0. The monoisotopic (exact) mass is 314 g/mol. The minimum absolute atomic E-state index is 0.0649. The smallest absolute Gasteiger partial charge is 0.306 e. The van der Waals surface area contributed by atoms with Crippen LogP contribution in [0.4, 0.5) is 0 Å². The fourth-order valence-electron chi connectivity index (χ4n) is 7.60. The lowest BCUT2D eigenvalue weighted by Gasteiger charge is -2.55. The molecule has 0 unspecified atom stereocenters. The molecule has 6 atom stereocenters. The largest absolute Gasteiger partial charge is 0.458 e. The lowest BCUT2D eigenvalue weighted by Crippen LogP contribution is -2.52. The van der Waals surface area contributed by atoms with Crippen LogP contribution >= 0.6 is 0 Å². The third-order valence-electron chi connectivity index (χ3n) is 8.71. The molecule has 1 spiro atoms. The summed E-state index contributed by atoms with van der Waals surface area (Å²) < 4.78 is 6.02. The first kappa shape index (κ1) is 14.5. The first-order valence-corrected chi connectivity index (χ1v) is 10.0. The molecule has 23 heavy (non-hydrogen) atoms. The highest BCUT2D eigenvalue weighted by molar-refractivity contribution is 5.72. The van der Waals surface area contributed by atoms with Crippen molar-refractivity contribution in [3.05, 3.63) is 11.6 Å². The summed E-state index contributed by atoms with van der Waals surface area (Å²) in [5, 5.41) is 0. The SMILES string of the molecule is C[C@]12CC[C@H]3[C@@H](CCC4=CCCC[C@@H]43)[C@@H]1CC[C@@]21CCC(=O)O1. The van der Waals surface area contributed by atoms with Gasteiger partial charge in [0.05, 0.1) is 0 Å². The maximum Gasteiger partial charge on any atom is 0.306 e. The molecule has 0 bridgehead atoms. The summed E-state index contributed by atoms with van der Waals surface area (Å²) in [5.74, 6) is 3.59. The fraction of sp³-hybridized carbons (Fsp3) is 0.857. The molecular formula is C21H30O2. The Bertz CT molecular complexity index is 564. The van der Waals surface area contributed by atoms with Crippen molar-refractivity contribution in [1.29, 1.82) is 0 Å². The zero-order valence-electron chi connectivity index (χ0n) is 14.5. The predicted molar refractivity (Wildman–Crippen MR) is 89.8 cm³/mol. The van der Waals surface area contributed by atoms with E-state index in [1.54, 1.807) is 5.57 Å². The number of allylic oxidation sites excluding steroid dienone is 2. The molecule has 5 rings (SSSR count). The third-order valence-corrected chi connectivity index (χ3v) is 8.71. The topological polar surface area (TPSA) is 26.3 Å². The van der Waals surface area contributed by atoms with Crippen molar-refractivity contribution in [2.75, 3.05) is 0 Å². The van der Waals surface area contributed by atoms with Crippen LogP contribution in [0.25, 0.3) is 0 Å². The minimum Gasteiger partial charge on any atom is -0.458 e. The van der Waals surface area contributed by atoms with Crippen molar-refractivity contribution in [2.45, 2.75) is 83.2 Å². The quantitative estimate of drug-likeness (QED) is 0.463. The zero-order chi connectivity index (χ0) is 15.7. The van der Waals surface area contributed by atoms with Crippen molar-refractivity contribution in [1.82, 2.24) is 0 Å². The number of rotatable bonds is 0. The van der Waals surface area contributed by atoms with Crippen molar-refractivity contribution in [3.63, 3.8) is 0 Å². The molecule has 0 radical (unpaired) electrons. The summed E-state index contributed by atoms with van der Waals surface area (Å²) in [6.07, 6.45) is 16.2. The van der Waals surface area contributed by atoms with E-state index in [1.807, 2.05) is 0 Å². The van der Waals surface area contributed by atoms with Crippen LogP contribution in [0.3, 0.4) is 0 Å². The van der Waals surface area contributed by atoms with E-state index in [0.29, 0.717) is 6.42 Å². The van der Waals surface area contributed by atoms with Crippen LogP contribution in [0.15, 0.2) is 11.6 Å². The average Bonchev–Trinajstić information content (AvgIpc) is 3.09. The standard InChI is InChI=1S/C21H30O2/c1-20-11-8-16-15-5-3-2-4-14(15)6-7-17(16)18(20)9-12-21(20)13-10-19(22)23-21/h4,15-18H,2-3,5-13H2,1H3/t15-,16+,17+,18-,20-,21+/m0/s1. The number of esters is 1. The second-order valence-electron chi connectivity index (χ2n) is 9.25. The molecule has 0 aromatic heterocycles. The molecule has 1 heterocycles. The van der Waals surface area contributed by atoms with E-state index in [1.165, 1.54) is 51.4 Å². The highest BCUT2D eigenvalue weighted by atomic mass is 16.6. The van der Waals surface area contributed by atoms with Gasteiger partial charge in [-0.3, -0.25) is 4.79 Å². The van der Waals surface area contributed by atoms with E-state index in [9.17, 15) is 4.79 Å². The Hall–Kier alpha value is -0.790. The summed E-state index contributed by atoms with van der Waals surface area (Å²) in [4.78, 5) is 11.9. The molecule has 4 fully saturated rings. The number of carbonyl (C=O) groups is 1. The zero-order valence-corrected chi connectivity index (χ0v) is 14.5. The predicted octanol–water partition coefficient (Wildman–Crippen LogP) is 5.03. The highest BCUT2D eigenvalue weighted by Crippen LogP contribution is 2.67. The van der Waals surface area contributed by atoms with Gasteiger partial charge in [0.15, 0.2) is 0 Å². The molecule has 1 aliphatic heterocycles. The van der Waals surface area contributed by atoms with E-state index in [4.69, 9.17) is 4.74 Å². The lowest BCUT2D eigenvalue weighted by atomic mass is 9.50. The molecule has 1 saturated heterocycles. The van der Waals surface area contributed by atoms with Gasteiger partial charge in [0.25, 0.3) is 0 Å². The third kappa shape index (κ3) is 1.84. The minimum atomic E-state index is -0.0948. The van der Waals surface area contributed by atoms with Crippen LogP contribution in [0.5, 0.6) is 0 Å². The normalized spacial score (nSPS) is 51.7. The summed E-state index contributed by atoms with van der Waals surface area (Å²) >= 11 is 0. The lowest BCUT2D eigenvalue weighted by molar-refractivity contribution is -0.166. The Balaban J connectivity index is 1.46. The van der Waals surface area contributed by atoms with Gasteiger partial charge < -0.3 is 4.74 Å². The number of carbonyl (C=O) groups excluding carboxylic acids is 1. The number of fused-ring (bicyclic) bond motifs is 6. The summed E-state index contributed by atoms with van der Waals surface area (Å²) in [6.45, 7) is 2.48. The van der Waals surface area contributed by atoms with Crippen LogP contribution in [0.2, 0.25) is 0 Å². The second kappa shape index (κ2) is 4.86. The summed E-state index contributed by atoms with van der Waals surface area (Å²) in [5.41, 5.74) is 1.97. The highest BCUT2D eigenvalue weighted by Gasteiger charge is 2.65. The van der Waals surface area contributed by atoms with Gasteiger partial charge in [-0.1, -0.05) is 18.6 Å². The van der Waals surface area contributed by atoms with Crippen LogP contribution in [0.1, 0.15) is 77.6 Å². The number of ether oxygens (including phenoxy) is 1. The molecule has 2 nitrogen and oxygen atoms in total. The van der Waals surface area contributed by atoms with Crippen molar-refractivity contribution >= 4 is 5.97 Å². The molecule has 0 amide bonds. The summed E-state index contributed by atoms with van der Waals surface area (Å²) in [7, 11) is 0. The van der Waals surface area contributed by atoms with Crippen LogP contribution in [0, 0.1) is 29.1 Å². The Morgan fingerprint density at radius 3 is 2.78 bits per heavy atom. The first-order valence-electron chi connectivity index (χ1n) is 10.0. The Morgan fingerprint density at radius 1 is 1.04 bits per heavy atom.